The molecule has 6 heteroatoms. The first-order valence-corrected chi connectivity index (χ1v) is 7.71. The van der Waals surface area contributed by atoms with Crippen LogP contribution in [0, 0.1) is 17.8 Å². The lowest BCUT2D eigenvalue weighted by atomic mass is 10.1. The molecule has 0 aromatic heterocycles. The van der Waals surface area contributed by atoms with Crippen LogP contribution >= 0.6 is 0 Å². The molecule has 1 unspecified atom stereocenters. The molecule has 1 aromatic rings. The van der Waals surface area contributed by atoms with Gasteiger partial charge in [0.2, 0.25) is 0 Å². The molecule has 1 fully saturated rings. The van der Waals surface area contributed by atoms with E-state index in [1.807, 2.05) is 0 Å². The van der Waals surface area contributed by atoms with E-state index in [1.165, 1.54) is 6.07 Å². The highest BCUT2D eigenvalue weighted by Crippen LogP contribution is 2.29. The Labute approximate surface area is 139 Å². The van der Waals surface area contributed by atoms with Gasteiger partial charge in [-0.25, -0.2) is 4.79 Å². The first-order valence-electron chi connectivity index (χ1n) is 7.71. The quantitative estimate of drug-likeness (QED) is 0.659. The minimum absolute atomic E-state index is 0.0629. The Morgan fingerprint density at radius 3 is 2.62 bits per heavy atom. The maximum Gasteiger partial charge on any atom is 0.416 e. The van der Waals surface area contributed by atoms with Crippen LogP contribution in [0.5, 0.6) is 0 Å². The molecular weight excluding hydrogens is 319 g/mol. The van der Waals surface area contributed by atoms with Crippen molar-refractivity contribution in [3.8, 4) is 11.8 Å². The summed E-state index contributed by atoms with van der Waals surface area (Å²) in [6.07, 6.45) is -4.07. The zero-order chi connectivity index (χ0) is 18.0. The summed E-state index contributed by atoms with van der Waals surface area (Å²) in [6, 6.07) is 4.94. The number of halogens is 3. The molecule has 130 valence electrons. The van der Waals surface area contributed by atoms with E-state index in [0.717, 1.165) is 12.1 Å². The highest BCUT2D eigenvalue weighted by atomic mass is 19.4. The summed E-state index contributed by atoms with van der Waals surface area (Å²) < 4.78 is 43.3. The fraction of sp³-hybridized carbons (Fsp3) is 0.500. The van der Waals surface area contributed by atoms with Crippen molar-refractivity contribution in [2.24, 2.45) is 5.92 Å². The highest BCUT2D eigenvalue weighted by molar-refractivity contribution is 5.68. The second kappa shape index (κ2) is 6.76. The van der Waals surface area contributed by atoms with E-state index in [-0.39, 0.29) is 12.0 Å². The molecule has 2 rings (SSSR count). The van der Waals surface area contributed by atoms with E-state index >= 15 is 0 Å². The topological polar surface area (TPSA) is 29.5 Å². The van der Waals surface area contributed by atoms with Crippen LogP contribution in [-0.2, 0) is 10.9 Å². The predicted octanol–water partition coefficient (Wildman–Crippen LogP) is 4.31. The SMILES string of the molecule is CC(C)(C)OC(=O)N1CCC(C#Cc2cccc(C(F)(F)F)c2)C1. The van der Waals surface area contributed by atoms with Crippen molar-refractivity contribution >= 4 is 6.09 Å². The Morgan fingerprint density at radius 1 is 1.29 bits per heavy atom. The molecular formula is C18H20F3NO2. The summed E-state index contributed by atoms with van der Waals surface area (Å²) in [4.78, 5) is 13.5. The zero-order valence-electron chi connectivity index (χ0n) is 13.9. The third-order valence-corrected chi connectivity index (χ3v) is 3.45. The van der Waals surface area contributed by atoms with E-state index in [9.17, 15) is 18.0 Å². The van der Waals surface area contributed by atoms with Gasteiger partial charge in [-0.3, -0.25) is 0 Å². The number of hydrogen-bond donors (Lipinski definition) is 0. The van der Waals surface area contributed by atoms with Crippen LogP contribution in [0.1, 0.15) is 38.3 Å². The number of nitrogens with zero attached hydrogens (tertiary/aromatic N) is 1. The number of ether oxygens (including phenoxy) is 1. The average molecular weight is 339 g/mol. The number of benzene rings is 1. The number of likely N-dealkylation sites (tertiary alicyclic amines) is 1. The van der Waals surface area contributed by atoms with E-state index in [1.54, 1.807) is 31.7 Å². The molecule has 1 saturated heterocycles. The minimum Gasteiger partial charge on any atom is -0.444 e. The van der Waals surface area contributed by atoms with Crippen LogP contribution in [0.3, 0.4) is 0 Å². The lowest BCUT2D eigenvalue weighted by Gasteiger charge is -2.24. The minimum atomic E-state index is -4.38. The number of amides is 1. The fourth-order valence-electron chi connectivity index (χ4n) is 2.33. The number of alkyl halides is 3. The predicted molar refractivity (Wildman–Crippen MR) is 84.2 cm³/mol. The van der Waals surface area contributed by atoms with Gasteiger partial charge in [0.05, 0.1) is 5.56 Å². The molecule has 0 saturated carbocycles. The summed E-state index contributed by atoms with van der Waals surface area (Å²) in [5, 5.41) is 0. The summed E-state index contributed by atoms with van der Waals surface area (Å²) >= 11 is 0. The molecule has 0 bridgehead atoms. The van der Waals surface area contributed by atoms with Gasteiger partial charge >= 0.3 is 12.3 Å². The van der Waals surface area contributed by atoms with Crippen molar-refractivity contribution < 1.29 is 22.7 Å². The lowest BCUT2D eigenvalue weighted by molar-refractivity contribution is -0.137. The van der Waals surface area contributed by atoms with Crippen molar-refractivity contribution in [3.63, 3.8) is 0 Å². The van der Waals surface area contributed by atoms with Gasteiger partial charge in [0.15, 0.2) is 0 Å². The van der Waals surface area contributed by atoms with Gasteiger partial charge in [-0.1, -0.05) is 17.9 Å². The van der Waals surface area contributed by atoms with Gasteiger partial charge in [0, 0.05) is 24.6 Å². The van der Waals surface area contributed by atoms with Crippen LogP contribution in [0.15, 0.2) is 24.3 Å². The van der Waals surface area contributed by atoms with Crippen LogP contribution in [-0.4, -0.2) is 29.7 Å². The maximum atomic E-state index is 12.7. The highest BCUT2D eigenvalue weighted by Gasteiger charge is 2.30. The van der Waals surface area contributed by atoms with Crippen molar-refractivity contribution in [2.45, 2.75) is 39.0 Å². The van der Waals surface area contributed by atoms with E-state index in [4.69, 9.17) is 4.74 Å². The van der Waals surface area contributed by atoms with Crippen molar-refractivity contribution in [3.05, 3.63) is 35.4 Å². The zero-order valence-corrected chi connectivity index (χ0v) is 13.9. The standard InChI is InChI=1S/C18H20F3NO2/c1-17(2,3)24-16(23)22-10-9-14(12-22)8-7-13-5-4-6-15(11-13)18(19,20)21/h4-6,11,14H,9-10,12H2,1-3H3. The number of rotatable bonds is 0. The van der Waals surface area contributed by atoms with Crippen molar-refractivity contribution in [1.82, 2.24) is 4.90 Å². The molecule has 1 aliphatic rings. The van der Waals surface area contributed by atoms with Crippen LogP contribution < -0.4 is 0 Å². The summed E-state index contributed by atoms with van der Waals surface area (Å²) in [7, 11) is 0. The average Bonchev–Trinajstić information content (AvgIpc) is 2.92. The number of carbonyl (C=O) groups excluding carboxylic acids is 1. The first-order chi connectivity index (χ1) is 11.0. The van der Waals surface area contributed by atoms with Crippen molar-refractivity contribution in [2.75, 3.05) is 13.1 Å². The molecule has 0 aliphatic carbocycles. The van der Waals surface area contributed by atoms with Gasteiger partial charge < -0.3 is 9.64 Å². The van der Waals surface area contributed by atoms with Crippen LogP contribution in [0.25, 0.3) is 0 Å². The normalized spacial score (nSPS) is 18.1. The Balaban J connectivity index is 2.00. The molecule has 1 aliphatic heterocycles. The smallest absolute Gasteiger partial charge is 0.416 e. The molecule has 24 heavy (non-hydrogen) atoms. The molecule has 0 radical (unpaired) electrons. The van der Waals surface area contributed by atoms with Crippen LogP contribution in [0.2, 0.25) is 0 Å². The largest absolute Gasteiger partial charge is 0.444 e. The molecule has 0 spiro atoms. The summed E-state index contributed by atoms with van der Waals surface area (Å²) in [5.41, 5.74) is -0.949. The van der Waals surface area contributed by atoms with Crippen LogP contribution in [0.4, 0.5) is 18.0 Å². The number of hydrogen-bond acceptors (Lipinski definition) is 2. The van der Waals surface area contributed by atoms with Gasteiger partial charge in [0.25, 0.3) is 0 Å². The molecule has 1 heterocycles. The van der Waals surface area contributed by atoms with Gasteiger partial charge in [-0.15, -0.1) is 0 Å². The van der Waals surface area contributed by atoms with E-state index in [2.05, 4.69) is 11.8 Å². The molecule has 0 N–H and O–H groups in total. The van der Waals surface area contributed by atoms with E-state index < -0.39 is 17.3 Å². The lowest BCUT2D eigenvalue weighted by Crippen LogP contribution is -2.35. The third kappa shape index (κ3) is 5.19. The van der Waals surface area contributed by atoms with E-state index in [0.29, 0.717) is 25.1 Å². The Morgan fingerprint density at radius 2 is 2.00 bits per heavy atom. The molecule has 1 atom stereocenters. The fourth-order valence-corrected chi connectivity index (χ4v) is 2.33. The van der Waals surface area contributed by atoms with Gasteiger partial charge in [0.1, 0.15) is 5.60 Å². The van der Waals surface area contributed by atoms with Gasteiger partial charge in [-0.05, 0) is 45.4 Å². The Bertz CT molecular complexity index is 665. The molecule has 1 amide bonds. The molecule has 3 nitrogen and oxygen atoms in total. The summed E-state index contributed by atoms with van der Waals surface area (Å²) in [5.74, 6) is 5.67. The first kappa shape index (κ1) is 18.2. The Hall–Kier alpha value is -2.16. The van der Waals surface area contributed by atoms with Gasteiger partial charge in [-0.2, -0.15) is 13.2 Å². The second-order valence-corrected chi connectivity index (χ2v) is 6.76. The second-order valence-electron chi connectivity index (χ2n) is 6.76. The van der Waals surface area contributed by atoms with Crippen molar-refractivity contribution in [1.29, 1.82) is 0 Å². The number of carbonyl (C=O) groups is 1. The third-order valence-electron chi connectivity index (χ3n) is 3.45. The maximum absolute atomic E-state index is 12.7. The molecule has 1 aromatic carbocycles. The monoisotopic (exact) mass is 339 g/mol. The Kier molecular flexibility index (Phi) is 5.12. The summed E-state index contributed by atoms with van der Waals surface area (Å²) in [6.45, 7) is 6.36.